The number of hydrazine groups is 1. The maximum Gasteiger partial charge on any atom is 0.123 e. The third-order valence-corrected chi connectivity index (χ3v) is 3.06. The van der Waals surface area contributed by atoms with Crippen LogP contribution in [-0.2, 0) is 13.0 Å². The summed E-state index contributed by atoms with van der Waals surface area (Å²) in [5.74, 6) is 5.38. The molecular weight excluding hydrogens is 243 g/mol. The van der Waals surface area contributed by atoms with E-state index in [2.05, 4.69) is 17.4 Å². The highest BCUT2D eigenvalue weighted by atomic mass is 19.1. The molecule has 3 N–H and O–H groups in total. The zero-order chi connectivity index (χ0) is 13.7. The average Bonchev–Trinajstić information content (AvgIpc) is 2.87. The topological polar surface area (TPSA) is 55.9 Å². The predicted molar refractivity (Wildman–Crippen MR) is 72.7 cm³/mol. The van der Waals surface area contributed by atoms with Gasteiger partial charge in [0.1, 0.15) is 5.82 Å². The first-order valence-electron chi connectivity index (χ1n) is 6.46. The van der Waals surface area contributed by atoms with Gasteiger partial charge in [-0.25, -0.2) is 4.39 Å². The molecule has 0 saturated carbocycles. The molecule has 0 saturated heterocycles. The molecule has 0 aliphatic heterocycles. The van der Waals surface area contributed by atoms with Crippen LogP contribution in [0.5, 0.6) is 0 Å². The van der Waals surface area contributed by atoms with Gasteiger partial charge in [0.25, 0.3) is 0 Å². The minimum atomic E-state index is -0.225. The quantitative estimate of drug-likeness (QED) is 0.619. The normalized spacial score (nSPS) is 12.6. The number of nitrogens with zero attached hydrogens (tertiary/aromatic N) is 2. The van der Waals surface area contributed by atoms with Crippen molar-refractivity contribution in [3.8, 4) is 0 Å². The van der Waals surface area contributed by atoms with Crippen LogP contribution in [0.4, 0.5) is 4.39 Å². The summed E-state index contributed by atoms with van der Waals surface area (Å²) in [4.78, 5) is 0. The molecule has 2 aromatic rings. The van der Waals surface area contributed by atoms with Gasteiger partial charge in [0.2, 0.25) is 0 Å². The van der Waals surface area contributed by atoms with E-state index in [1.54, 1.807) is 12.1 Å². The van der Waals surface area contributed by atoms with Crippen molar-refractivity contribution in [2.75, 3.05) is 0 Å². The summed E-state index contributed by atoms with van der Waals surface area (Å²) in [5, 5.41) is 4.29. The molecule has 5 heteroatoms. The Kier molecular flexibility index (Phi) is 4.65. The Bertz CT molecular complexity index is 506. The van der Waals surface area contributed by atoms with Crippen molar-refractivity contribution in [2.24, 2.45) is 5.84 Å². The van der Waals surface area contributed by atoms with Crippen molar-refractivity contribution in [3.63, 3.8) is 0 Å². The summed E-state index contributed by atoms with van der Waals surface area (Å²) in [6.07, 6.45) is 5.57. The summed E-state index contributed by atoms with van der Waals surface area (Å²) in [5.41, 5.74) is 4.87. The molecule has 0 bridgehead atoms. The molecule has 1 aromatic heterocycles. The molecule has 102 valence electrons. The lowest BCUT2D eigenvalue weighted by Crippen LogP contribution is -2.29. The Hall–Kier alpha value is -1.72. The van der Waals surface area contributed by atoms with Crippen molar-refractivity contribution in [1.29, 1.82) is 0 Å². The molecule has 0 aliphatic rings. The third kappa shape index (κ3) is 3.62. The number of nitrogens with one attached hydrogen (secondary N) is 1. The standard InChI is InChI=1S/C14H19FN4/c1-2-7-19-10-12(9-17-19)14(18-16)8-11-3-5-13(15)6-4-11/h3-6,9-10,14,18H,2,7-8,16H2,1H3. The second-order valence-corrected chi connectivity index (χ2v) is 4.59. The number of hydrogen-bond donors (Lipinski definition) is 2. The van der Waals surface area contributed by atoms with E-state index in [0.717, 1.165) is 24.1 Å². The van der Waals surface area contributed by atoms with Gasteiger partial charge < -0.3 is 0 Å². The minimum absolute atomic E-state index is 0.0175. The minimum Gasteiger partial charge on any atom is -0.272 e. The van der Waals surface area contributed by atoms with E-state index in [1.165, 1.54) is 12.1 Å². The first-order valence-corrected chi connectivity index (χ1v) is 6.46. The molecule has 0 radical (unpaired) electrons. The first-order chi connectivity index (χ1) is 9.22. The average molecular weight is 262 g/mol. The number of aromatic nitrogens is 2. The molecule has 1 heterocycles. The van der Waals surface area contributed by atoms with Crippen LogP contribution >= 0.6 is 0 Å². The van der Waals surface area contributed by atoms with Gasteiger partial charge in [0, 0.05) is 18.3 Å². The van der Waals surface area contributed by atoms with Crippen LogP contribution in [0.25, 0.3) is 0 Å². The molecule has 2 rings (SSSR count). The van der Waals surface area contributed by atoms with E-state index >= 15 is 0 Å². The molecule has 1 atom stereocenters. The van der Waals surface area contributed by atoms with Gasteiger partial charge in [0.05, 0.1) is 12.2 Å². The summed E-state index contributed by atoms with van der Waals surface area (Å²) in [7, 11) is 0. The fourth-order valence-electron chi connectivity index (χ4n) is 2.04. The van der Waals surface area contributed by atoms with Crippen molar-refractivity contribution in [3.05, 3.63) is 53.6 Å². The molecule has 1 aromatic carbocycles. The van der Waals surface area contributed by atoms with Crippen LogP contribution < -0.4 is 11.3 Å². The molecule has 1 unspecified atom stereocenters. The number of aryl methyl sites for hydroxylation is 1. The van der Waals surface area contributed by atoms with Crippen molar-refractivity contribution >= 4 is 0 Å². The summed E-state index contributed by atoms with van der Waals surface area (Å²) in [6, 6.07) is 6.45. The van der Waals surface area contributed by atoms with Crippen LogP contribution in [0.15, 0.2) is 36.7 Å². The highest BCUT2D eigenvalue weighted by molar-refractivity contribution is 5.21. The third-order valence-electron chi connectivity index (χ3n) is 3.06. The molecular formula is C14H19FN4. The molecule has 0 aliphatic carbocycles. The SMILES string of the molecule is CCCn1cc(C(Cc2ccc(F)cc2)NN)cn1. The largest absolute Gasteiger partial charge is 0.272 e. The maximum atomic E-state index is 12.9. The number of nitrogens with two attached hydrogens (primary N) is 1. The molecule has 4 nitrogen and oxygen atoms in total. The monoisotopic (exact) mass is 262 g/mol. The van der Waals surface area contributed by atoms with Crippen LogP contribution in [0.3, 0.4) is 0 Å². The van der Waals surface area contributed by atoms with E-state index in [0.29, 0.717) is 6.42 Å². The van der Waals surface area contributed by atoms with Gasteiger partial charge in [-0.1, -0.05) is 19.1 Å². The molecule has 19 heavy (non-hydrogen) atoms. The smallest absolute Gasteiger partial charge is 0.123 e. The lowest BCUT2D eigenvalue weighted by Gasteiger charge is -2.14. The molecule has 0 spiro atoms. The zero-order valence-corrected chi connectivity index (χ0v) is 11.0. The fourth-order valence-corrected chi connectivity index (χ4v) is 2.04. The van der Waals surface area contributed by atoms with Gasteiger partial charge in [0.15, 0.2) is 0 Å². The highest BCUT2D eigenvalue weighted by Gasteiger charge is 2.12. The molecule has 0 fully saturated rings. The Balaban J connectivity index is 2.08. The van der Waals surface area contributed by atoms with Gasteiger partial charge in [-0.2, -0.15) is 5.10 Å². The van der Waals surface area contributed by atoms with Crippen molar-refractivity contribution in [2.45, 2.75) is 32.4 Å². The van der Waals surface area contributed by atoms with Crippen molar-refractivity contribution < 1.29 is 4.39 Å². The number of rotatable bonds is 6. The molecule has 0 amide bonds. The Labute approximate surface area is 112 Å². The second-order valence-electron chi connectivity index (χ2n) is 4.59. The Morgan fingerprint density at radius 1 is 1.37 bits per heavy atom. The van der Waals surface area contributed by atoms with E-state index in [4.69, 9.17) is 5.84 Å². The highest BCUT2D eigenvalue weighted by Crippen LogP contribution is 2.17. The zero-order valence-electron chi connectivity index (χ0n) is 11.0. The van der Waals surface area contributed by atoms with Gasteiger partial charge in [-0.05, 0) is 30.5 Å². The summed E-state index contributed by atoms with van der Waals surface area (Å²) < 4.78 is 14.8. The summed E-state index contributed by atoms with van der Waals surface area (Å²) in [6.45, 7) is 3.01. The maximum absolute atomic E-state index is 12.9. The van der Waals surface area contributed by atoms with E-state index in [1.807, 2.05) is 17.1 Å². The number of halogens is 1. The van der Waals surface area contributed by atoms with Gasteiger partial charge >= 0.3 is 0 Å². The van der Waals surface area contributed by atoms with Crippen molar-refractivity contribution in [1.82, 2.24) is 15.2 Å². The van der Waals surface area contributed by atoms with E-state index < -0.39 is 0 Å². The summed E-state index contributed by atoms with van der Waals surface area (Å²) >= 11 is 0. The van der Waals surface area contributed by atoms with Crippen LogP contribution in [-0.4, -0.2) is 9.78 Å². The van der Waals surface area contributed by atoms with E-state index in [-0.39, 0.29) is 11.9 Å². The van der Waals surface area contributed by atoms with Crippen LogP contribution in [0.1, 0.15) is 30.5 Å². The number of benzene rings is 1. The van der Waals surface area contributed by atoms with Crippen LogP contribution in [0.2, 0.25) is 0 Å². The lowest BCUT2D eigenvalue weighted by molar-refractivity contribution is 0.547. The fraction of sp³-hybridized carbons (Fsp3) is 0.357. The number of hydrogen-bond acceptors (Lipinski definition) is 3. The Morgan fingerprint density at radius 2 is 2.11 bits per heavy atom. The second kappa shape index (κ2) is 6.45. The van der Waals surface area contributed by atoms with Gasteiger partial charge in [-0.3, -0.25) is 16.0 Å². The first kappa shape index (κ1) is 13.7. The Morgan fingerprint density at radius 3 is 2.74 bits per heavy atom. The predicted octanol–water partition coefficient (Wildman–Crippen LogP) is 2.18. The van der Waals surface area contributed by atoms with Gasteiger partial charge in [-0.15, -0.1) is 0 Å². The lowest BCUT2D eigenvalue weighted by atomic mass is 10.0. The van der Waals surface area contributed by atoms with E-state index in [9.17, 15) is 4.39 Å². The van der Waals surface area contributed by atoms with Crippen LogP contribution in [0, 0.1) is 5.82 Å².